The second-order valence-corrected chi connectivity index (χ2v) is 8.64. The van der Waals surface area contributed by atoms with Gasteiger partial charge in [-0.25, -0.2) is 4.79 Å². The lowest BCUT2D eigenvalue weighted by Gasteiger charge is -2.21. The third-order valence-corrected chi connectivity index (χ3v) is 5.90. The number of rotatable bonds is 8. The minimum atomic E-state index is -4.46. The van der Waals surface area contributed by atoms with Crippen molar-refractivity contribution in [2.75, 3.05) is 13.2 Å². The Bertz CT molecular complexity index is 1200. The van der Waals surface area contributed by atoms with E-state index >= 15 is 0 Å². The molecule has 1 aliphatic rings. The van der Waals surface area contributed by atoms with Crippen molar-refractivity contribution in [1.82, 2.24) is 0 Å². The van der Waals surface area contributed by atoms with Gasteiger partial charge in [-0.05, 0) is 55.0 Å². The second-order valence-electron chi connectivity index (χ2n) is 8.23. The number of hydrogen-bond donors (Lipinski definition) is 2. The number of hydrogen-bond acceptors (Lipinski definition) is 5. The molecular formula is C27H26ClF3O6. The van der Waals surface area contributed by atoms with Crippen LogP contribution in [0.3, 0.4) is 0 Å². The molecule has 10 heteroatoms. The molecular weight excluding hydrogens is 513 g/mol. The molecule has 4 rings (SSSR count). The molecule has 2 N–H and O–H groups in total. The van der Waals surface area contributed by atoms with Crippen molar-refractivity contribution >= 4 is 17.6 Å². The number of benzene rings is 3. The van der Waals surface area contributed by atoms with Crippen LogP contribution in [0.5, 0.6) is 23.0 Å². The summed E-state index contributed by atoms with van der Waals surface area (Å²) in [5.74, 6) is 0.600. The molecule has 0 spiro atoms. The predicted molar refractivity (Wildman–Crippen MR) is 132 cm³/mol. The highest BCUT2D eigenvalue weighted by molar-refractivity contribution is 6.32. The van der Waals surface area contributed by atoms with E-state index < -0.39 is 23.3 Å². The van der Waals surface area contributed by atoms with Gasteiger partial charge in [-0.3, -0.25) is 0 Å². The van der Waals surface area contributed by atoms with E-state index in [1.54, 1.807) is 49.4 Å². The van der Waals surface area contributed by atoms with Crippen LogP contribution in [0.25, 0.3) is 0 Å². The molecule has 37 heavy (non-hydrogen) atoms. The molecule has 0 amide bonds. The number of aromatic hydroxyl groups is 1. The molecule has 0 bridgehead atoms. The van der Waals surface area contributed by atoms with Gasteiger partial charge in [0.1, 0.15) is 23.0 Å². The van der Waals surface area contributed by atoms with Crippen molar-refractivity contribution in [1.29, 1.82) is 0 Å². The maximum atomic E-state index is 12.6. The van der Waals surface area contributed by atoms with Gasteiger partial charge in [-0.15, -0.1) is 0 Å². The summed E-state index contributed by atoms with van der Waals surface area (Å²) >= 11 is 5.85. The first kappa shape index (κ1) is 28.0. The minimum absolute atomic E-state index is 0.109. The van der Waals surface area contributed by atoms with Gasteiger partial charge in [-0.1, -0.05) is 36.7 Å². The van der Waals surface area contributed by atoms with E-state index in [2.05, 4.69) is 0 Å². The molecule has 0 aromatic heterocycles. The summed E-state index contributed by atoms with van der Waals surface area (Å²) in [4.78, 5) is 11.5. The van der Waals surface area contributed by atoms with Crippen LogP contribution in [0.1, 0.15) is 30.9 Å². The Labute approximate surface area is 217 Å². The zero-order valence-corrected chi connectivity index (χ0v) is 20.7. The number of halogens is 4. The summed E-state index contributed by atoms with van der Waals surface area (Å²) in [5, 5.41) is 18.0. The normalized spacial score (nSPS) is 16.1. The molecule has 3 aromatic rings. The number of phenolic OH excluding ortho intramolecular Hbond substituents is 1. The molecule has 1 unspecified atom stereocenters. The van der Waals surface area contributed by atoms with Crippen LogP contribution in [0.4, 0.5) is 13.2 Å². The van der Waals surface area contributed by atoms with E-state index in [-0.39, 0.29) is 23.8 Å². The molecule has 0 aliphatic carbocycles. The van der Waals surface area contributed by atoms with Gasteiger partial charge in [-0.2, -0.15) is 13.2 Å². The number of ether oxygens (including phenoxy) is 3. The summed E-state index contributed by atoms with van der Waals surface area (Å²) < 4.78 is 54.7. The highest BCUT2D eigenvalue weighted by atomic mass is 35.5. The molecule has 0 saturated heterocycles. The maximum absolute atomic E-state index is 12.6. The van der Waals surface area contributed by atoms with Gasteiger partial charge in [0.15, 0.2) is 0 Å². The van der Waals surface area contributed by atoms with E-state index in [9.17, 15) is 23.1 Å². The third-order valence-electron chi connectivity index (χ3n) is 5.60. The van der Waals surface area contributed by atoms with Crippen LogP contribution in [0, 0.1) is 0 Å². The van der Waals surface area contributed by atoms with Gasteiger partial charge in [0.05, 0.1) is 23.8 Å². The van der Waals surface area contributed by atoms with Gasteiger partial charge < -0.3 is 24.4 Å². The number of phenols is 1. The van der Waals surface area contributed by atoms with Gasteiger partial charge in [0, 0.05) is 18.4 Å². The van der Waals surface area contributed by atoms with Crippen molar-refractivity contribution in [3.63, 3.8) is 0 Å². The maximum Gasteiger partial charge on any atom is 0.416 e. The predicted octanol–water partition coefficient (Wildman–Crippen LogP) is 6.77. The fourth-order valence-corrected chi connectivity index (χ4v) is 3.79. The summed E-state index contributed by atoms with van der Waals surface area (Å²) in [5.41, 5.74) is -1.31. The number of aliphatic carboxylic acids is 1. The standard InChI is InChI=1S/C21H20ClF3O5.C6H6O/c1-2-20(19(26)27)12-13-10-15(5-7-17(13)30-20)28-8-3-9-29-18-6-4-14(11-16(18)22)21(23,24)25;7-6-4-2-1-3-5-6/h4-7,10-11H,2-3,8-9,12H2,1H3,(H,26,27);1-5,7H. The molecule has 1 heterocycles. The molecule has 3 aromatic carbocycles. The fourth-order valence-electron chi connectivity index (χ4n) is 3.56. The quantitative estimate of drug-likeness (QED) is 0.308. The average molecular weight is 539 g/mol. The van der Waals surface area contributed by atoms with Crippen LogP contribution in [-0.2, 0) is 17.4 Å². The van der Waals surface area contributed by atoms with Crippen LogP contribution in [0.2, 0.25) is 5.02 Å². The van der Waals surface area contributed by atoms with Crippen molar-refractivity contribution in [3.05, 3.63) is 82.9 Å². The lowest BCUT2D eigenvalue weighted by molar-refractivity contribution is -0.154. The smallest absolute Gasteiger partial charge is 0.416 e. The third kappa shape index (κ3) is 7.45. The fraction of sp³-hybridized carbons (Fsp3) is 0.296. The van der Waals surface area contributed by atoms with Crippen molar-refractivity contribution in [2.24, 2.45) is 0 Å². The number of carbonyl (C=O) groups is 1. The summed E-state index contributed by atoms with van der Waals surface area (Å²) in [7, 11) is 0. The van der Waals surface area contributed by atoms with Gasteiger partial charge >= 0.3 is 12.1 Å². The summed E-state index contributed by atoms with van der Waals surface area (Å²) in [6, 6.07) is 16.8. The molecule has 6 nitrogen and oxygen atoms in total. The Kier molecular flexibility index (Phi) is 9.15. The lowest BCUT2D eigenvalue weighted by atomic mass is 9.94. The topological polar surface area (TPSA) is 85.2 Å². The Balaban J connectivity index is 0.000000468. The lowest BCUT2D eigenvalue weighted by Crippen LogP contribution is -2.42. The van der Waals surface area contributed by atoms with Crippen LogP contribution >= 0.6 is 11.6 Å². The van der Waals surface area contributed by atoms with Crippen LogP contribution in [-0.4, -0.2) is 35.0 Å². The van der Waals surface area contributed by atoms with E-state index in [0.29, 0.717) is 36.7 Å². The molecule has 0 fully saturated rings. The first-order valence-electron chi connectivity index (χ1n) is 11.5. The molecule has 0 saturated carbocycles. The zero-order chi connectivity index (χ0) is 27.1. The average Bonchev–Trinajstić information content (AvgIpc) is 3.25. The Hall–Kier alpha value is -3.59. The van der Waals surface area contributed by atoms with Gasteiger partial charge in [0.25, 0.3) is 0 Å². The molecule has 1 aliphatic heterocycles. The molecule has 1 atom stereocenters. The van der Waals surface area contributed by atoms with Crippen LogP contribution < -0.4 is 14.2 Å². The Morgan fingerprint density at radius 2 is 1.76 bits per heavy atom. The molecule has 0 radical (unpaired) electrons. The first-order valence-corrected chi connectivity index (χ1v) is 11.8. The number of alkyl halides is 3. The van der Waals surface area contributed by atoms with Crippen molar-refractivity contribution in [2.45, 2.75) is 38.0 Å². The van der Waals surface area contributed by atoms with Gasteiger partial charge in [0.2, 0.25) is 5.60 Å². The van der Waals surface area contributed by atoms with E-state index in [1.165, 1.54) is 6.07 Å². The largest absolute Gasteiger partial charge is 0.508 e. The van der Waals surface area contributed by atoms with Crippen molar-refractivity contribution < 1.29 is 42.4 Å². The summed E-state index contributed by atoms with van der Waals surface area (Å²) in [6.45, 7) is 2.27. The van der Waals surface area contributed by atoms with Crippen molar-refractivity contribution in [3.8, 4) is 23.0 Å². The second kappa shape index (κ2) is 12.1. The Morgan fingerprint density at radius 3 is 2.32 bits per heavy atom. The van der Waals surface area contributed by atoms with Crippen LogP contribution in [0.15, 0.2) is 66.7 Å². The number of carboxylic acids is 1. The minimum Gasteiger partial charge on any atom is -0.508 e. The monoisotopic (exact) mass is 538 g/mol. The zero-order valence-electron chi connectivity index (χ0n) is 19.9. The summed E-state index contributed by atoms with van der Waals surface area (Å²) in [6.07, 6.45) is -3.38. The number of carboxylic acid groups (broad SMARTS) is 1. The SMILES string of the molecule is CCC1(C(=O)O)Cc2cc(OCCCOc3ccc(C(F)(F)F)cc3Cl)ccc2O1.Oc1ccccc1. The van der Waals surface area contributed by atoms with E-state index in [4.69, 9.17) is 30.9 Å². The molecule has 198 valence electrons. The number of fused-ring (bicyclic) bond motifs is 1. The highest BCUT2D eigenvalue weighted by Gasteiger charge is 2.45. The highest BCUT2D eigenvalue weighted by Crippen LogP contribution is 2.39. The number of para-hydroxylation sites is 1. The Morgan fingerprint density at radius 1 is 1.05 bits per heavy atom. The first-order chi connectivity index (χ1) is 17.5. The van der Waals surface area contributed by atoms with E-state index in [0.717, 1.165) is 17.7 Å². The van der Waals surface area contributed by atoms with E-state index in [1.807, 2.05) is 6.07 Å².